The Kier molecular flexibility index (Phi) is 3.34. The maximum Gasteiger partial charge on any atom is 0.115 e. The highest BCUT2D eigenvalue weighted by Crippen LogP contribution is 2.23. The van der Waals surface area contributed by atoms with Gasteiger partial charge in [0.15, 0.2) is 0 Å². The molecule has 0 bridgehead atoms. The Balaban J connectivity index is 1.96. The normalized spacial score (nSPS) is 30.0. The number of hydrogen-bond acceptors (Lipinski definition) is 3. The van der Waals surface area contributed by atoms with Crippen LogP contribution >= 0.6 is 0 Å². The highest BCUT2D eigenvalue weighted by molar-refractivity contribution is 5.46. The molecule has 16 heavy (non-hydrogen) atoms. The molecule has 2 atom stereocenters. The summed E-state index contributed by atoms with van der Waals surface area (Å²) in [4.78, 5) is 0. The van der Waals surface area contributed by atoms with Crippen molar-refractivity contribution in [3.63, 3.8) is 0 Å². The van der Waals surface area contributed by atoms with Gasteiger partial charge in [-0.15, -0.1) is 0 Å². The van der Waals surface area contributed by atoms with E-state index in [-0.39, 0.29) is 0 Å². The third-order valence-electron chi connectivity index (χ3n) is 2.94. The van der Waals surface area contributed by atoms with Crippen molar-refractivity contribution in [1.82, 2.24) is 0 Å². The smallest absolute Gasteiger partial charge is 0.115 e. The molecule has 0 spiro atoms. The van der Waals surface area contributed by atoms with E-state index in [0.29, 0.717) is 24.0 Å². The number of benzene rings is 1. The van der Waals surface area contributed by atoms with Crippen molar-refractivity contribution in [2.75, 3.05) is 5.32 Å². The summed E-state index contributed by atoms with van der Waals surface area (Å²) in [7, 11) is 0. The van der Waals surface area contributed by atoms with E-state index < -0.39 is 0 Å². The molecule has 3 nitrogen and oxygen atoms in total. The average molecular weight is 221 g/mol. The molecule has 1 fully saturated rings. The van der Waals surface area contributed by atoms with E-state index in [1.54, 1.807) is 12.1 Å². The monoisotopic (exact) mass is 221 g/mol. The Labute approximate surface area is 96.4 Å². The molecule has 0 aliphatic carbocycles. The fourth-order valence-electron chi connectivity index (χ4n) is 2.32. The molecule has 1 aromatic rings. The van der Waals surface area contributed by atoms with Crippen LogP contribution in [-0.2, 0) is 4.74 Å². The van der Waals surface area contributed by atoms with Crippen molar-refractivity contribution in [1.29, 1.82) is 0 Å². The van der Waals surface area contributed by atoms with Crippen LogP contribution in [0.5, 0.6) is 5.75 Å². The van der Waals surface area contributed by atoms with Gasteiger partial charge < -0.3 is 15.2 Å². The maximum atomic E-state index is 9.20. The molecule has 1 aliphatic rings. The largest absolute Gasteiger partial charge is 0.508 e. The summed E-state index contributed by atoms with van der Waals surface area (Å²) < 4.78 is 5.69. The molecular weight excluding hydrogens is 202 g/mol. The lowest BCUT2D eigenvalue weighted by Crippen LogP contribution is -2.36. The van der Waals surface area contributed by atoms with E-state index in [4.69, 9.17) is 4.74 Å². The zero-order chi connectivity index (χ0) is 11.5. The minimum absolute atomic E-state index is 0.305. The molecule has 88 valence electrons. The van der Waals surface area contributed by atoms with Crippen molar-refractivity contribution in [3.05, 3.63) is 24.3 Å². The van der Waals surface area contributed by atoms with E-state index in [9.17, 15) is 5.11 Å². The first-order valence-corrected chi connectivity index (χ1v) is 5.84. The predicted molar refractivity (Wildman–Crippen MR) is 64.8 cm³/mol. The number of anilines is 1. The SMILES string of the molecule is CC1CC(Nc2ccc(O)cc2)CC(C)O1. The summed E-state index contributed by atoms with van der Waals surface area (Å²) >= 11 is 0. The fourth-order valence-corrected chi connectivity index (χ4v) is 2.32. The Morgan fingerprint density at radius 3 is 2.25 bits per heavy atom. The standard InChI is InChI=1S/C13H19NO2/c1-9-7-12(8-10(2)16-9)14-11-3-5-13(15)6-4-11/h3-6,9-10,12,14-15H,7-8H2,1-2H3. The maximum absolute atomic E-state index is 9.20. The van der Waals surface area contributed by atoms with Crippen LogP contribution in [0.3, 0.4) is 0 Å². The van der Waals surface area contributed by atoms with Crippen molar-refractivity contribution in [3.8, 4) is 5.75 Å². The number of phenols is 1. The third-order valence-corrected chi connectivity index (χ3v) is 2.94. The van der Waals surface area contributed by atoms with E-state index in [1.165, 1.54) is 0 Å². The number of phenolic OH excluding ortho intramolecular Hbond substituents is 1. The van der Waals surface area contributed by atoms with Gasteiger partial charge in [-0.05, 0) is 51.0 Å². The van der Waals surface area contributed by atoms with Crippen molar-refractivity contribution in [2.45, 2.75) is 44.9 Å². The zero-order valence-electron chi connectivity index (χ0n) is 9.81. The number of rotatable bonds is 2. The molecule has 1 saturated heterocycles. The van der Waals surface area contributed by atoms with Crippen molar-refractivity contribution >= 4 is 5.69 Å². The molecule has 2 N–H and O–H groups in total. The van der Waals surface area contributed by atoms with Gasteiger partial charge in [0.2, 0.25) is 0 Å². The molecule has 2 rings (SSSR count). The van der Waals surface area contributed by atoms with Gasteiger partial charge in [0.05, 0.1) is 12.2 Å². The highest BCUT2D eigenvalue weighted by atomic mass is 16.5. The number of nitrogens with one attached hydrogen (secondary N) is 1. The summed E-state index contributed by atoms with van der Waals surface area (Å²) in [6, 6.07) is 7.67. The van der Waals surface area contributed by atoms with Crippen LogP contribution in [0.25, 0.3) is 0 Å². The summed E-state index contributed by atoms with van der Waals surface area (Å²) in [5.41, 5.74) is 1.06. The predicted octanol–water partition coefficient (Wildman–Crippen LogP) is 2.76. The molecule has 0 saturated carbocycles. The van der Waals surface area contributed by atoms with Crippen molar-refractivity contribution in [2.24, 2.45) is 0 Å². The van der Waals surface area contributed by atoms with Crippen LogP contribution in [0.2, 0.25) is 0 Å². The minimum Gasteiger partial charge on any atom is -0.508 e. The second kappa shape index (κ2) is 4.74. The molecule has 3 heteroatoms. The Morgan fingerprint density at radius 2 is 1.69 bits per heavy atom. The molecule has 1 heterocycles. The Morgan fingerprint density at radius 1 is 1.12 bits per heavy atom. The van der Waals surface area contributed by atoms with Crippen LogP contribution in [0, 0.1) is 0 Å². The van der Waals surface area contributed by atoms with Crippen molar-refractivity contribution < 1.29 is 9.84 Å². The van der Waals surface area contributed by atoms with Crippen LogP contribution in [0.15, 0.2) is 24.3 Å². The number of aromatic hydroxyl groups is 1. The Hall–Kier alpha value is -1.22. The lowest BCUT2D eigenvalue weighted by molar-refractivity contribution is -0.0337. The molecular formula is C13H19NO2. The van der Waals surface area contributed by atoms with Gasteiger partial charge >= 0.3 is 0 Å². The van der Waals surface area contributed by atoms with Crippen LogP contribution < -0.4 is 5.32 Å². The quantitative estimate of drug-likeness (QED) is 0.754. The first kappa shape index (κ1) is 11.3. The van der Waals surface area contributed by atoms with Gasteiger partial charge in [-0.3, -0.25) is 0 Å². The highest BCUT2D eigenvalue weighted by Gasteiger charge is 2.23. The zero-order valence-corrected chi connectivity index (χ0v) is 9.81. The van der Waals surface area contributed by atoms with Gasteiger partial charge in [-0.2, -0.15) is 0 Å². The van der Waals surface area contributed by atoms with Gasteiger partial charge in [0.1, 0.15) is 5.75 Å². The van der Waals surface area contributed by atoms with E-state index in [0.717, 1.165) is 18.5 Å². The molecule has 1 aromatic carbocycles. The van der Waals surface area contributed by atoms with Crippen LogP contribution in [-0.4, -0.2) is 23.4 Å². The molecule has 1 aliphatic heterocycles. The van der Waals surface area contributed by atoms with Crippen LogP contribution in [0.1, 0.15) is 26.7 Å². The van der Waals surface area contributed by atoms with Gasteiger partial charge in [-0.25, -0.2) is 0 Å². The fraction of sp³-hybridized carbons (Fsp3) is 0.538. The van der Waals surface area contributed by atoms with Gasteiger partial charge in [0.25, 0.3) is 0 Å². The second-order valence-electron chi connectivity index (χ2n) is 4.62. The molecule has 0 aromatic heterocycles. The summed E-state index contributed by atoms with van der Waals surface area (Å²) in [5.74, 6) is 0.305. The summed E-state index contributed by atoms with van der Waals surface area (Å²) in [6.45, 7) is 4.22. The number of ether oxygens (including phenoxy) is 1. The molecule has 2 unspecified atom stereocenters. The lowest BCUT2D eigenvalue weighted by atomic mass is 9.99. The van der Waals surface area contributed by atoms with E-state index >= 15 is 0 Å². The number of hydrogen-bond donors (Lipinski definition) is 2. The minimum atomic E-state index is 0.305. The van der Waals surface area contributed by atoms with E-state index in [2.05, 4.69) is 19.2 Å². The third kappa shape index (κ3) is 2.89. The first-order valence-electron chi connectivity index (χ1n) is 5.84. The Bertz CT molecular complexity index is 326. The van der Waals surface area contributed by atoms with Crippen LogP contribution in [0.4, 0.5) is 5.69 Å². The topological polar surface area (TPSA) is 41.5 Å². The van der Waals surface area contributed by atoms with Gasteiger partial charge in [-0.1, -0.05) is 0 Å². The molecule has 0 radical (unpaired) electrons. The average Bonchev–Trinajstić information content (AvgIpc) is 2.20. The molecule has 0 amide bonds. The summed E-state index contributed by atoms with van der Waals surface area (Å²) in [6.07, 6.45) is 2.70. The second-order valence-corrected chi connectivity index (χ2v) is 4.62. The first-order chi connectivity index (χ1) is 7.63. The van der Waals surface area contributed by atoms with E-state index in [1.807, 2.05) is 12.1 Å². The summed E-state index contributed by atoms with van der Waals surface area (Å²) in [5, 5.41) is 12.7. The lowest BCUT2D eigenvalue weighted by Gasteiger charge is -2.33. The van der Waals surface area contributed by atoms with Gasteiger partial charge in [0, 0.05) is 11.7 Å².